The Morgan fingerprint density at radius 3 is 2.05 bits per heavy atom. The highest BCUT2D eigenvalue weighted by Crippen LogP contribution is 2.19. The molecule has 0 fully saturated rings. The number of hydrogen-bond donors (Lipinski definition) is 4. The summed E-state index contributed by atoms with van der Waals surface area (Å²) < 4.78 is 53.9. The summed E-state index contributed by atoms with van der Waals surface area (Å²) in [6.45, 7) is 4.29. The van der Waals surface area contributed by atoms with E-state index in [0.29, 0.717) is 12.2 Å². The van der Waals surface area contributed by atoms with Crippen LogP contribution in [0.3, 0.4) is 0 Å². The maximum absolute atomic E-state index is 11.1. The first-order chi connectivity index (χ1) is 9.33. The smallest absolute Gasteiger partial charge is 0.394 e. The van der Waals surface area contributed by atoms with Gasteiger partial charge >= 0.3 is 10.4 Å². The van der Waals surface area contributed by atoms with Crippen molar-refractivity contribution < 1.29 is 25.9 Å². The molecule has 21 heavy (non-hydrogen) atoms. The molecule has 0 aliphatic heterocycles. The molecule has 0 spiro atoms. The topological polar surface area (TPSA) is 150 Å². The highest BCUT2D eigenvalue weighted by molar-refractivity contribution is 7.88. The van der Waals surface area contributed by atoms with Gasteiger partial charge in [0.25, 0.3) is 0 Å². The van der Waals surface area contributed by atoms with E-state index in [4.69, 9.17) is 23.3 Å². The number of nitrogen functional groups attached to an aromatic ring is 1. The largest absolute Gasteiger partial charge is 0.399 e. The van der Waals surface area contributed by atoms with Crippen LogP contribution in [0.2, 0.25) is 0 Å². The van der Waals surface area contributed by atoms with Crippen LogP contribution in [-0.2, 0) is 20.4 Å². The number of hydrazine groups is 1. The minimum atomic E-state index is -4.67. The Labute approximate surface area is 124 Å². The molecule has 1 aromatic rings. The van der Waals surface area contributed by atoms with E-state index in [2.05, 4.69) is 4.83 Å². The fourth-order valence-electron chi connectivity index (χ4n) is 1.33. The van der Waals surface area contributed by atoms with Crippen molar-refractivity contribution in [3.8, 4) is 0 Å². The van der Waals surface area contributed by atoms with Crippen molar-refractivity contribution in [3.63, 3.8) is 0 Å². The Balaban J connectivity index is 0.000000690. The second kappa shape index (κ2) is 7.56. The van der Waals surface area contributed by atoms with Crippen molar-refractivity contribution in [2.45, 2.75) is 13.8 Å². The number of nitrogens with two attached hydrogens (primary N) is 1. The van der Waals surface area contributed by atoms with Gasteiger partial charge in [-0.05, 0) is 37.6 Å². The molecule has 0 aliphatic carbocycles. The average Bonchev–Trinajstić information content (AvgIpc) is 2.26. The fourth-order valence-corrected chi connectivity index (χ4v) is 1.96. The first-order valence-electron chi connectivity index (χ1n) is 5.64. The summed E-state index contributed by atoms with van der Waals surface area (Å²) in [6, 6.07) is 5.39. The van der Waals surface area contributed by atoms with E-state index >= 15 is 0 Å². The van der Waals surface area contributed by atoms with E-state index in [0.717, 1.165) is 17.5 Å². The lowest BCUT2D eigenvalue weighted by molar-refractivity contribution is 0.381. The molecule has 0 unspecified atom stereocenters. The lowest BCUT2D eigenvalue weighted by atomic mass is 10.2. The van der Waals surface area contributed by atoms with Crippen LogP contribution >= 0.6 is 0 Å². The monoisotopic (exact) mass is 341 g/mol. The van der Waals surface area contributed by atoms with Gasteiger partial charge in [-0.25, -0.2) is 8.42 Å². The number of nitrogens with one attached hydrogen (secondary N) is 1. The summed E-state index contributed by atoms with van der Waals surface area (Å²) in [5.74, 6) is 0. The number of hydrogen-bond acceptors (Lipinski definition) is 6. The molecule has 0 aliphatic rings. The predicted molar refractivity (Wildman–Crippen MR) is 80.8 cm³/mol. The molecule has 0 heterocycles. The van der Waals surface area contributed by atoms with Gasteiger partial charge in [0.2, 0.25) is 10.0 Å². The number of aryl methyl sites for hydroxylation is 1. The maximum atomic E-state index is 11.1. The first kappa shape index (κ1) is 19.6. The quantitative estimate of drug-likeness (QED) is 0.345. The normalized spacial score (nSPS) is 11.5. The summed E-state index contributed by atoms with van der Waals surface area (Å²) in [5.41, 5.74) is 8.09. The molecule has 0 saturated carbocycles. The lowest BCUT2D eigenvalue weighted by Gasteiger charge is -2.23. The summed E-state index contributed by atoms with van der Waals surface area (Å²) >= 11 is 0. The lowest BCUT2D eigenvalue weighted by Crippen LogP contribution is -2.41. The van der Waals surface area contributed by atoms with Crippen LogP contribution in [0.5, 0.6) is 0 Å². The fraction of sp³-hybridized carbons (Fsp3) is 0.400. The van der Waals surface area contributed by atoms with E-state index in [1.165, 1.54) is 0 Å². The molecular weight excluding hydrogens is 322 g/mol. The standard InChI is InChI=1S/C10H17N3O2S.H2O4S/c1-4-13(12-16(3,14)15)9-5-6-10(11)8(2)7-9;1-5(2,3)4/h5-7,12H,4,11H2,1-3H3;(H2,1,2,3,4). The van der Waals surface area contributed by atoms with E-state index < -0.39 is 20.4 Å². The van der Waals surface area contributed by atoms with Gasteiger partial charge in [0.15, 0.2) is 0 Å². The van der Waals surface area contributed by atoms with Crippen LogP contribution < -0.4 is 15.6 Å². The predicted octanol–water partition coefficient (Wildman–Crippen LogP) is 0.215. The van der Waals surface area contributed by atoms with Gasteiger partial charge in [0.05, 0.1) is 11.9 Å². The second-order valence-corrected chi connectivity index (χ2v) is 6.72. The molecule has 0 amide bonds. The third-order valence-electron chi connectivity index (χ3n) is 2.16. The average molecular weight is 341 g/mol. The maximum Gasteiger partial charge on any atom is 0.394 e. The minimum absolute atomic E-state index is 0.538. The van der Waals surface area contributed by atoms with Gasteiger partial charge < -0.3 is 5.73 Å². The Bertz CT molecular complexity index is 664. The summed E-state index contributed by atoms with van der Waals surface area (Å²) in [5, 5.41) is 1.56. The Morgan fingerprint density at radius 2 is 1.71 bits per heavy atom. The SMILES string of the molecule is CCN(NS(C)(=O)=O)c1ccc(N)c(C)c1.O=S(=O)(O)O. The molecule has 0 radical (unpaired) electrons. The minimum Gasteiger partial charge on any atom is -0.399 e. The van der Waals surface area contributed by atoms with Gasteiger partial charge in [-0.1, -0.05) is 0 Å². The highest BCUT2D eigenvalue weighted by atomic mass is 32.3. The second-order valence-electron chi connectivity index (χ2n) is 4.10. The molecular formula is C10H19N3O6S2. The molecule has 0 aromatic heterocycles. The first-order valence-corrected chi connectivity index (χ1v) is 8.93. The van der Waals surface area contributed by atoms with E-state index in [1.54, 1.807) is 17.1 Å². The number of nitrogens with zero attached hydrogens (tertiary/aromatic N) is 1. The van der Waals surface area contributed by atoms with Crippen molar-refractivity contribution >= 4 is 31.8 Å². The van der Waals surface area contributed by atoms with E-state index in [9.17, 15) is 8.42 Å². The van der Waals surface area contributed by atoms with Crippen LogP contribution in [0.15, 0.2) is 18.2 Å². The zero-order valence-corrected chi connectivity index (χ0v) is 13.4. The molecule has 11 heteroatoms. The van der Waals surface area contributed by atoms with Crippen LogP contribution in [0.4, 0.5) is 11.4 Å². The molecule has 0 atom stereocenters. The highest BCUT2D eigenvalue weighted by Gasteiger charge is 2.10. The molecule has 9 nitrogen and oxygen atoms in total. The molecule has 0 saturated heterocycles. The zero-order chi connectivity index (χ0) is 16.8. The van der Waals surface area contributed by atoms with E-state index in [-0.39, 0.29) is 0 Å². The van der Waals surface area contributed by atoms with Crippen molar-refractivity contribution in [1.29, 1.82) is 0 Å². The summed E-state index contributed by atoms with van der Waals surface area (Å²) in [4.78, 5) is 2.43. The molecule has 5 N–H and O–H groups in total. The molecule has 1 rings (SSSR count). The Hall–Kier alpha value is -1.40. The van der Waals surface area contributed by atoms with Gasteiger partial charge in [0.1, 0.15) is 0 Å². The number of benzene rings is 1. The number of sulfonamides is 1. The van der Waals surface area contributed by atoms with Crippen molar-refractivity contribution in [1.82, 2.24) is 4.83 Å². The Morgan fingerprint density at radius 1 is 1.24 bits per heavy atom. The van der Waals surface area contributed by atoms with Gasteiger partial charge in [-0.2, -0.15) is 8.42 Å². The number of rotatable bonds is 4. The summed E-state index contributed by atoms with van der Waals surface area (Å²) in [6.07, 6.45) is 1.12. The van der Waals surface area contributed by atoms with Gasteiger partial charge in [-0.3, -0.25) is 14.1 Å². The van der Waals surface area contributed by atoms with Gasteiger partial charge in [-0.15, -0.1) is 4.83 Å². The van der Waals surface area contributed by atoms with Crippen LogP contribution in [0.25, 0.3) is 0 Å². The van der Waals surface area contributed by atoms with Crippen molar-refractivity contribution in [2.24, 2.45) is 0 Å². The van der Waals surface area contributed by atoms with E-state index in [1.807, 2.05) is 19.9 Å². The van der Waals surface area contributed by atoms with Crippen LogP contribution in [0.1, 0.15) is 12.5 Å². The molecule has 0 bridgehead atoms. The number of anilines is 2. The molecule has 122 valence electrons. The summed E-state index contributed by atoms with van der Waals surface area (Å²) in [7, 11) is -7.93. The molecule has 1 aromatic carbocycles. The Kier molecular flexibility index (Phi) is 7.06. The third-order valence-corrected chi connectivity index (χ3v) is 2.71. The van der Waals surface area contributed by atoms with Gasteiger partial charge in [0, 0.05) is 12.2 Å². The van der Waals surface area contributed by atoms with Crippen LogP contribution in [0, 0.1) is 6.92 Å². The van der Waals surface area contributed by atoms with Crippen molar-refractivity contribution in [3.05, 3.63) is 23.8 Å². The zero-order valence-electron chi connectivity index (χ0n) is 11.8. The third kappa shape index (κ3) is 10.0. The van der Waals surface area contributed by atoms with Crippen LogP contribution in [-0.4, -0.2) is 38.7 Å². The van der Waals surface area contributed by atoms with Crippen molar-refractivity contribution in [2.75, 3.05) is 23.5 Å².